The summed E-state index contributed by atoms with van der Waals surface area (Å²) in [6.45, 7) is 1.94. The molecule has 3 aromatic carbocycles. The Balaban J connectivity index is 1.73. The summed E-state index contributed by atoms with van der Waals surface area (Å²) >= 11 is 8.55. The number of hydrogen-bond acceptors (Lipinski definition) is 4. The van der Waals surface area contributed by atoms with Gasteiger partial charge in [0.15, 0.2) is 0 Å². The fraction of sp³-hybridized carbons (Fsp3) is 0.148. The zero-order valence-electron chi connectivity index (χ0n) is 19.1. The topological polar surface area (TPSA) is 75.7 Å². The summed E-state index contributed by atoms with van der Waals surface area (Å²) in [5, 5.41) is 2.95. The Morgan fingerprint density at radius 3 is 2.40 bits per heavy atom. The smallest absolute Gasteiger partial charge is 0.335 e. The van der Waals surface area contributed by atoms with Crippen molar-refractivity contribution in [2.75, 3.05) is 12.0 Å². The lowest BCUT2D eigenvalue weighted by Gasteiger charge is -2.28. The minimum absolute atomic E-state index is 0.132. The molecule has 4 rings (SSSR count). The highest BCUT2D eigenvalue weighted by atomic mass is 127. The van der Waals surface area contributed by atoms with Crippen LogP contribution in [0.2, 0.25) is 5.02 Å². The standard InChI is InChI=1S/C27H22ClIN2O4/c1-3-17-8-5-7-11-23(17)31-26(33)20(25(32)30-27(31)34)12-16-13-22(29)19(24(14-16)35-2)15-18-9-4-6-10-21(18)28/h4-14H,3,15H2,1-2H3,(H,30,32,34)/b20-12-. The zero-order valence-corrected chi connectivity index (χ0v) is 22.0. The maximum Gasteiger partial charge on any atom is 0.335 e. The number of amides is 4. The first-order chi connectivity index (χ1) is 16.8. The van der Waals surface area contributed by atoms with Crippen molar-refractivity contribution in [3.63, 3.8) is 0 Å². The van der Waals surface area contributed by atoms with E-state index in [0.717, 1.165) is 25.2 Å². The molecule has 0 radical (unpaired) electrons. The fourth-order valence-corrected chi connectivity index (χ4v) is 4.99. The molecule has 6 nitrogen and oxygen atoms in total. The van der Waals surface area contributed by atoms with E-state index in [1.54, 1.807) is 25.3 Å². The molecule has 1 heterocycles. The maximum absolute atomic E-state index is 13.3. The molecule has 178 valence electrons. The van der Waals surface area contributed by atoms with Gasteiger partial charge in [-0.2, -0.15) is 0 Å². The monoisotopic (exact) mass is 600 g/mol. The molecule has 0 unspecified atom stereocenters. The van der Waals surface area contributed by atoms with Gasteiger partial charge in [0, 0.05) is 20.6 Å². The van der Waals surface area contributed by atoms with Crippen molar-refractivity contribution in [3.05, 3.63) is 97.1 Å². The molecule has 4 amide bonds. The number of urea groups is 1. The lowest BCUT2D eigenvalue weighted by Crippen LogP contribution is -2.54. The number of aryl methyl sites for hydroxylation is 1. The molecule has 0 saturated carbocycles. The second-order valence-electron chi connectivity index (χ2n) is 7.89. The summed E-state index contributed by atoms with van der Waals surface area (Å²) < 4.78 is 6.52. The largest absolute Gasteiger partial charge is 0.496 e. The molecular weight excluding hydrogens is 579 g/mol. The molecule has 1 fully saturated rings. The number of methoxy groups -OCH3 is 1. The van der Waals surface area contributed by atoms with Crippen molar-refractivity contribution in [1.29, 1.82) is 0 Å². The van der Waals surface area contributed by atoms with Crippen molar-refractivity contribution in [2.45, 2.75) is 19.8 Å². The van der Waals surface area contributed by atoms with Crippen LogP contribution in [-0.2, 0) is 22.4 Å². The predicted octanol–water partition coefficient (Wildman–Crippen LogP) is 5.77. The van der Waals surface area contributed by atoms with Crippen LogP contribution in [0.3, 0.4) is 0 Å². The number of carbonyl (C=O) groups excluding carboxylic acids is 3. The van der Waals surface area contributed by atoms with E-state index in [9.17, 15) is 14.4 Å². The number of nitrogens with one attached hydrogen (secondary N) is 1. The van der Waals surface area contributed by atoms with E-state index in [2.05, 4.69) is 27.9 Å². The Morgan fingerprint density at radius 1 is 1.03 bits per heavy atom. The number of para-hydroxylation sites is 1. The van der Waals surface area contributed by atoms with Gasteiger partial charge in [0.05, 0.1) is 12.8 Å². The van der Waals surface area contributed by atoms with E-state index in [-0.39, 0.29) is 5.57 Å². The lowest BCUT2D eigenvalue weighted by atomic mass is 10.00. The first kappa shape index (κ1) is 24.9. The Labute approximate surface area is 222 Å². The number of carbonyl (C=O) groups is 3. The summed E-state index contributed by atoms with van der Waals surface area (Å²) in [4.78, 5) is 39.6. The molecule has 1 saturated heterocycles. The van der Waals surface area contributed by atoms with Crippen LogP contribution in [0.1, 0.15) is 29.2 Å². The molecule has 0 aromatic heterocycles. The van der Waals surface area contributed by atoms with Crippen LogP contribution >= 0.6 is 34.2 Å². The van der Waals surface area contributed by atoms with Crippen LogP contribution in [0.25, 0.3) is 6.08 Å². The molecule has 1 aliphatic rings. The Bertz CT molecular complexity index is 1370. The molecule has 35 heavy (non-hydrogen) atoms. The van der Waals surface area contributed by atoms with Gasteiger partial charge in [-0.05, 0) is 76.0 Å². The van der Waals surface area contributed by atoms with E-state index in [1.165, 1.54) is 6.08 Å². The molecule has 0 spiro atoms. The highest BCUT2D eigenvalue weighted by Crippen LogP contribution is 2.32. The summed E-state index contributed by atoms with van der Waals surface area (Å²) in [6.07, 6.45) is 2.67. The molecule has 3 aromatic rings. The van der Waals surface area contributed by atoms with Crippen LogP contribution in [0, 0.1) is 3.57 Å². The minimum atomic E-state index is -0.764. The van der Waals surface area contributed by atoms with Crippen LogP contribution in [-0.4, -0.2) is 25.0 Å². The summed E-state index contributed by atoms with van der Waals surface area (Å²) in [5.74, 6) is -0.801. The number of anilines is 1. The third-order valence-corrected chi connectivity index (χ3v) is 7.08. The van der Waals surface area contributed by atoms with E-state index >= 15 is 0 Å². The number of nitrogens with zero attached hydrogens (tertiary/aromatic N) is 1. The molecule has 0 aliphatic carbocycles. The van der Waals surface area contributed by atoms with Crippen LogP contribution in [0.15, 0.2) is 66.2 Å². The van der Waals surface area contributed by atoms with Gasteiger partial charge in [-0.3, -0.25) is 14.9 Å². The van der Waals surface area contributed by atoms with Gasteiger partial charge in [0.2, 0.25) is 0 Å². The van der Waals surface area contributed by atoms with Crippen LogP contribution in [0.4, 0.5) is 10.5 Å². The number of barbiturate groups is 1. The highest BCUT2D eigenvalue weighted by molar-refractivity contribution is 14.1. The van der Waals surface area contributed by atoms with E-state index in [0.29, 0.717) is 34.9 Å². The van der Waals surface area contributed by atoms with E-state index in [4.69, 9.17) is 16.3 Å². The van der Waals surface area contributed by atoms with E-state index < -0.39 is 17.8 Å². The van der Waals surface area contributed by atoms with Crippen molar-refractivity contribution < 1.29 is 19.1 Å². The summed E-state index contributed by atoms with van der Waals surface area (Å²) in [5.41, 5.74) is 3.65. The van der Waals surface area contributed by atoms with Gasteiger partial charge in [-0.25, -0.2) is 9.69 Å². The minimum Gasteiger partial charge on any atom is -0.496 e. The first-order valence-corrected chi connectivity index (χ1v) is 12.4. The quantitative estimate of drug-likeness (QED) is 0.221. The normalized spacial score (nSPS) is 14.9. The number of halogens is 2. The Hall–Kier alpha value is -3.17. The van der Waals surface area contributed by atoms with Crippen LogP contribution < -0.4 is 15.0 Å². The van der Waals surface area contributed by atoms with Crippen molar-refractivity contribution >= 4 is 63.8 Å². The van der Waals surface area contributed by atoms with Crippen molar-refractivity contribution in [1.82, 2.24) is 5.32 Å². The third-order valence-electron chi connectivity index (χ3n) is 5.75. The number of ether oxygens (including phenoxy) is 1. The average Bonchev–Trinajstić information content (AvgIpc) is 2.84. The lowest BCUT2D eigenvalue weighted by molar-refractivity contribution is -0.122. The third kappa shape index (κ3) is 5.11. The average molecular weight is 601 g/mol. The molecule has 1 N–H and O–H groups in total. The number of rotatable bonds is 6. The molecule has 0 atom stereocenters. The van der Waals surface area contributed by atoms with Gasteiger partial charge < -0.3 is 4.74 Å². The Morgan fingerprint density at radius 2 is 1.71 bits per heavy atom. The van der Waals surface area contributed by atoms with Gasteiger partial charge >= 0.3 is 6.03 Å². The Kier molecular flexibility index (Phi) is 7.57. The second kappa shape index (κ2) is 10.6. The maximum atomic E-state index is 13.3. The van der Waals surface area contributed by atoms with E-state index in [1.807, 2.05) is 49.4 Å². The van der Waals surface area contributed by atoms with Gasteiger partial charge in [0.1, 0.15) is 11.3 Å². The second-order valence-corrected chi connectivity index (χ2v) is 9.46. The number of benzene rings is 3. The van der Waals surface area contributed by atoms with Gasteiger partial charge in [-0.15, -0.1) is 0 Å². The zero-order chi connectivity index (χ0) is 25.1. The highest BCUT2D eigenvalue weighted by Gasteiger charge is 2.37. The SMILES string of the molecule is CCc1ccccc1N1C(=O)NC(=O)/C(=C/c2cc(I)c(Cc3ccccc3Cl)c(OC)c2)C1=O. The molecular formula is C27H22ClIN2O4. The van der Waals surface area contributed by atoms with Crippen molar-refractivity contribution in [3.8, 4) is 5.75 Å². The van der Waals surface area contributed by atoms with Gasteiger partial charge in [0.25, 0.3) is 11.8 Å². The summed E-state index contributed by atoms with van der Waals surface area (Å²) in [6, 6.07) is 17.6. The van der Waals surface area contributed by atoms with Crippen molar-refractivity contribution in [2.24, 2.45) is 0 Å². The molecule has 0 bridgehead atoms. The molecule has 1 aliphatic heterocycles. The summed E-state index contributed by atoms with van der Waals surface area (Å²) in [7, 11) is 1.57. The first-order valence-electron chi connectivity index (χ1n) is 10.9. The number of hydrogen-bond donors (Lipinski definition) is 1. The van der Waals surface area contributed by atoms with Gasteiger partial charge in [-0.1, -0.05) is 54.9 Å². The molecule has 8 heteroatoms. The number of imide groups is 2. The fourth-order valence-electron chi connectivity index (χ4n) is 3.97. The predicted molar refractivity (Wildman–Crippen MR) is 145 cm³/mol. The van der Waals surface area contributed by atoms with Crippen LogP contribution in [0.5, 0.6) is 5.75 Å².